The molecule has 2 atom stereocenters. The fourth-order valence-corrected chi connectivity index (χ4v) is 6.82. The van der Waals surface area contributed by atoms with E-state index in [-0.39, 0.29) is 80.9 Å². The first-order valence-corrected chi connectivity index (χ1v) is 18.8. The summed E-state index contributed by atoms with van der Waals surface area (Å²) in [5.74, 6) is -1.84. The standard InChI is InChI=1S/C33H44N6O9S/c1-3-47-33(44)38-17-15-37(16-18-38)32(43)25(13-19-49(2,45)46)36-30(41)26-20-28(23-10-4-5-11-24(23)35-26)48-21-29(40)39-14-7-12-27(39)31(42)34-22-8-6-9-22/h4-5,10-11,20,22,25,27H,3,6-9,12-19,21H2,1-2H3,(H,34,42)(H,36,41). The Morgan fingerprint density at radius 3 is 2.37 bits per heavy atom. The number of piperazine rings is 1. The maximum absolute atomic E-state index is 13.6. The first-order chi connectivity index (χ1) is 23.4. The molecule has 3 fully saturated rings. The number of sulfone groups is 1. The Labute approximate surface area is 285 Å². The number of carbonyl (C=O) groups is 5. The quantitative estimate of drug-likeness (QED) is 0.325. The topological polar surface area (TPSA) is 185 Å². The second kappa shape index (κ2) is 15.8. The van der Waals surface area contributed by atoms with Gasteiger partial charge in [-0.25, -0.2) is 18.2 Å². The highest BCUT2D eigenvalue weighted by molar-refractivity contribution is 7.90. The number of para-hydroxylation sites is 1. The van der Waals surface area contributed by atoms with Crippen molar-refractivity contribution in [3.05, 3.63) is 36.0 Å². The summed E-state index contributed by atoms with van der Waals surface area (Å²) in [6.45, 7) is 2.83. The van der Waals surface area contributed by atoms with Crippen molar-refractivity contribution in [2.45, 2.75) is 63.6 Å². The summed E-state index contributed by atoms with van der Waals surface area (Å²) < 4.78 is 35.1. The Morgan fingerprint density at radius 1 is 0.980 bits per heavy atom. The Hall–Kier alpha value is -4.47. The van der Waals surface area contributed by atoms with E-state index >= 15 is 0 Å². The number of pyridine rings is 1. The van der Waals surface area contributed by atoms with Gasteiger partial charge in [-0.1, -0.05) is 12.1 Å². The minimum absolute atomic E-state index is 0.0932. The van der Waals surface area contributed by atoms with Crippen LogP contribution in [0.15, 0.2) is 30.3 Å². The number of likely N-dealkylation sites (tertiary alicyclic amines) is 1. The molecule has 266 valence electrons. The van der Waals surface area contributed by atoms with Crippen LogP contribution in [0.3, 0.4) is 0 Å². The van der Waals surface area contributed by atoms with Crippen molar-refractivity contribution in [2.75, 3.05) is 57.9 Å². The number of fused-ring (bicyclic) bond motifs is 1. The number of nitrogens with zero attached hydrogens (tertiary/aromatic N) is 4. The summed E-state index contributed by atoms with van der Waals surface area (Å²) in [6.07, 6.45) is 4.66. The smallest absolute Gasteiger partial charge is 0.409 e. The normalized spacial score (nSPS) is 18.8. The average Bonchev–Trinajstić information content (AvgIpc) is 3.57. The fourth-order valence-electron chi connectivity index (χ4n) is 6.16. The molecule has 3 heterocycles. The molecule has 2 saturated heterocycles. The fraction of sp³-hybridized carbons (Fsp3) is 0.576. The number of nitrogens with one attached hydrogen (secondary N) is 2. The van der Waals surface area contributed by atoms with Gasteiger partial charge >= 0.3 is 6.09 Å². The van der Waals surface area contributed by atoms with E-state index in [1.54, 1.807) is 31.2 Å². The summed E-state index contributed by atoms with van der Waals surface area (Å²) in [4.78, 5) is 74.4. The molecule has 0 spiro atoms. The maximum Gasteiger partial charge on any atom is 0.409 e. The van der Waals surface area contributed by atoms with Gasteiger partial charge in [0.1, 0.15) is 33.4 Å². The van der Waals surface area contributed by atoms with Gasteiger partial charge in [-0.15, -0.1) is 0 Å². The Kier molecular flexibility index (Phi) is 11.6. The van der Waals surface area contributed by atoms with Crippen LogP contribution in [0.4, 0.5) is 4.79 Å². The van der Waals surface area contributed by atoms with Gasteiger partial charge in [0.25, 0.3) is 11.8 Å². The lowest BCUT2D eigenvalue weighted by Gasteiger charge is -2.36. The zero-order chi connectivity index (χ0) is 35.1. The molecule has 1 aromatic carbocycles. The lowest BCUT2D eigenvalue weighted by Crippen LogP contribution is -2.56. The summed E-state index contributed by atoms with van der Waals surface area (Å²) in [5.41, 5.74) is 0.315. The highest BCUT2D eigenvalue weighted by Crippen LogP contribution is 2.27. The molecule has 2 aliphatic heterocycles. The summed E-state index contributed by atoms with van der Waals surface area (Å²) >= 11 is 0. The molecule has 5 rings (SSSR count). The molecule has 2 aromatic rings. The van der Waals surface area contributed by atoms with Crippen molar-refractivity contribution in [3.8, 4) is 5.75 Å². The molecule has 1 aromatic heterocycles. The van der Waals surface area contributed by atoms with Gasteiger partial charge in [0.05, 0.1) is 17.9 Å². The van der Waals surface area contributed by atoms with Gasteiger partial charge in [-0.2, -0.15) is 0 Å². The number of amides is 5. The molecule has 1 aliphatic carbocycles. The summed E-state index contributed by atoms with van der Waals surface area (Å²) in [5, 5.41) is 6.24. The predicted molar refractivity (Wildman–Crippen MR) is 179 cm³/mol. The number of benzene rings is 1. The van der Waals surface area contributed by atoms with Crippen LogP contribution in [0, 0.1) is 0 Å². The van der Waals surface area contributed by atoms with Gasteiger partial charge in [0.2, 0.25) is 11.8 Å². The van der Waals surface area contributed by atoms with Crippen LogP contribution in [-0.2, 0) is 29.0 Å². The lowest BCUT2D eigenvalue weighted by atomic mass is 9.93. The van der Waals surface area contributed by atoms with Crippen LogP contribution >= 0.6 is 0 Å². The minimum Gasteiger partial charge on any atom is -0.483 e. The molecule has 5 amide bonds. The van der Waals surface area contributed by atoms with Crippen molar-refractivity contribution in [3.63, 3.8) is 0 Å². The van der Waals surface area contributed by atoms with Crippen molar-refractivity contribution < 1.29 is 41.9 Å². The molecule has 1 saturated carbocycles. The SMILES string of the molecule is CCOC(=O)N1CCN(C(=O)C(CCS(C)(=O)=O)NC(=O)c2cc(OCC(=O)N3CCCC3C(=O)NC3CCC3)c3ccccc3n2)CC1. The van der Waals surface area contributed by atoms with E-state index in [1.165, 1.54) is 20.8 Å². The third-order valence-corrected chi connectivity index (χ3v) is 10.1. The minimum atomic E-state index is -3.47. The molecule has 2 N–H and O–H groups in total. The number of aromatic nitrogens is 1. The average molecular weight is 701 g/mol. The first-order valence-electron chi connectivity index (χ1n) is 16.7. The van der Waals surface area contributed by atoms with Gasteiger partial charge in [0, 0.05) is 56.5 Å². The molecule has 49 heavy (non-hydrogen) atoms. The summed E-state index contributed by atoms with van der Waals surface area (Å²) in [7, 11) is -3.47. The van der Waals surface area contributed by atoms with Gasteiger partial charge in [0.15, 0.2) is 6.61 Å². The van der Waals surface area contributed by atoms with E-state index in [2.05, 4.69) is 15.6 Å². The molecule has 2 unspecified atom stereocenters. The zero-order valence-electron chi connectivity index (χ0n) is 27.9. The Bertz CT molecular complexity index is 1670. The molecular formula is C33H44N6O9S. The number of hydrogen-bond donors (Lipinski definition) is 2. The van der Waals surface area contributed by atoms with Crippen LogP contribution in [-0.4, -0.2) is 134 Å². The number of rotatable bonds is 12. The van der Waals surface area contributed by atoms with E-state index in [1.807, 2.05) is 0 Å². The van der Waals surface area contributed by atoms with E-state index in [4.69, 9.17) is 9.47 Å². The van der Waals surface area contributed by atoms with Gasteiger partial charge in [-0.3, -0.25) is 19.2 Å². The Morgan fingerprint density at radius 2 is 1.69 bits per heavy atom. The Balaban J connectivity index is 1.29. The zero-order valence-corrected chi connectivity index (χ0v) is 28.7. The summed E-state index contributed by atoms with van der Waals surface area (Å²) in [6, 6.07) is 6.72. The molecule has 3 aliphatic rings. The van der Waals surface area contributed by atoms with Crippen molar-refractivity contribution in [1.82, 2.24) is 30.3 Å². The van der Waals surface area contributed by atoms with Crippen molar-refractivity contribution in [2.24, 2.45) is 0 Å². The third-order valence-electron chi connectivity index (χ3n) is 9.09. The molecular weight excluding hydrogens is 656 g/mol. The molecule has 0 radical (unpaired) electrons. The maximum atomic E-state index is 13.6. The number of carbonyl (C=O) groups excluding carboxylic acids is 5. The second-order valence-corrected chi connectivity index (χ2v) is 14.9. The highest BCUT2D eigenvalue weighted by Gasteiger charge is 2.36. The largest absolute Gasteiger partial charge is 0.483 e. The molecule has 16 heteroatoms. The van der Waals surface area contributed by atoms with Crippen LogP contribution in [0.25, 0.3) is 10.9 Å². The van der Waals surface area contributed by atoms with E-state index in [9.17, 15) is 32.4 Å². The van der Waals surface area contributed by atoms with Gasteiger partial charge in [-0.05, 0) is 57.6 Å². The van der Waals surface area contributed by atoms with Gasteiger partial charge < -0.3 is 34.8 Å². The molecule has 15 nitrogen and oxygen atoms in total. The molecule has 0 bridgehead atoms. The van der Waals surface area contributed by atoms with Crippen LogP contribution in [0.2, 0.25) is 0 Å². The number of hydrogen-bond acceptors (Lipinski definition) is 10. The second-order valence-electron chi connectivity index (χ2n) is 12.6. The highest BCUT2D eigenvalue weighted by atomic mass is 32.2. The predicted octanol–water partition coefficient (Wildman–Crippen LogP) is 1.11. The van der Waals surface area contributed by atoms with E-state index in [0.717, 1.165) is 25.5 Å². The first kappa shape index (κ1) is 35.8. The lowest BCUT2D eigenvalue weighted by molar-refractivity contribution is -0.140. The van der Waals surface area contributed by atoms with E-state index in [0.29, 0.717) is 30.3 Å². The van der Waals surface area contributed by atoms with Crippen molar-refractivity contribution >= 4 is 50.5 Å². The van der Waals surface area contributed by atoms with Crippen LogP contribution < -0.4 is 15.4 Å². The number of ether oxygens (including phenoxy) is 2. The van der Waals surface area contributed by atoms with Crippen molar-refractivity contribution in [1.29, 1.82) is 0 Å². The monoisotopic (exact) mass is 700 g/mol. The van der Waals surface area contributed by atoms with E-state index < -0.39 is 39.8 Å². The van der Waals surface area contributed by atoms with Crippen LogP contribution in [0.1, 0.15) is 55.9 Å². The third kappa shape index (κ3) is 9.16. The van der Waals surface area contributed by atoms with Crippen LogP contribution in [0.5, 0.6) is 5.75 Å².